The number of aromatic amines is 1. The Morgan fingerprint density at radius 1 is 0.980 bits per heavy atom. The molecule has 4 N–H and O–H groups in total. The van der Waals surface area contributed by atoms with Gasteiger partial charge in [0.05, 0.1) is 33.1 Å². The molecule has 4 aromatic rings. The second-order valence-electron chi connectivity index (χ2n) is 13.2. The number of nitrogens with zero attached hydrogens (tertiary/aromatic N) is 2. The van der Waals surface area contributed by atoms with E-state index in [4.69, 9.17) is 14.2 Å². The third kappa shape index (κ3) is 7.74. The van der Waals surface area contributed by atoms with E-state index in [9.17, 15) is 14.4 Å². The number of carbonyl (C=O) groups excluding carboxylic acids is 2. The van der Waals surface area contributed by atoms with Crippen LogP contribution in [0.3, 0.4) is 0 Å². The van der Waals surface area contributed by atoms with Gasteiger partial charge in [-0.3, -0.25) is 19.5 Å². The van der Waals surface area contributed by atoms with Gasteiger partial charge < -0.3 is 30.2 Å². The Morgan fingerprint density at radius 2 is 1.74 bits per heavy atom. The van der Waals surface area contributed by atoms with Gasteiger partial charge in [-0.15, -0.1) is 0 Å². The molecule has 12 heteroatoms. The average Bonchev–Trinajstić information content (AvgIpc) is 3.47. The normalized spacial score (nSPS) is 14.2. The summed E-state index contributed by atoms with van der Waals surface area (Å²) in [5.41, 5.74) is 4.28. The number of hydrogen-bond acceptors (Lipinski definition) is 9. The zero-order valence-electron chi connectivity index (χ0n) is 29.9. The van der Waals surface area contributed by atoms with Gasteiger partial charge in [0.25, 0.3) is 0 Å². The molecule has 50 heavy (non-hydrogen) atoms. The number of aromatic nitrogens is 3. The van der Waals surface area contributed by atoms with Crippen LogP contribution >= 0.6 is 0 Å². The molecule has 2 amide bonds. The molecule has 12 nitrogen and oxygen atoms in total. The van der Waals surface area contributed by atoms with Crippen molar-refractivity contribution in [1.29, 1.82) is 0 Å². The highest BCUT2D eigenvalue weighted by Crippen LogP contribution is 2.50. The van der Waals surface area contributed by atoms with Gasteiger partial charge in [-0.05, 0) is 72.2 Å². The Hall–Kier alpha value is -5.39. The van der Waals surface area contributed by atoms with Crippen LogP contribution in [0.4, 0.5) is 11.4 Å². The molecular weight excluding hydrogens is 636 g/mol. The number of nitrogens with one attached hydrogen (secondary N) is 4. The van der Waals surface area contributed by atoms with Crippen molar-refractivity contribution in [2.45, 2.75) is 71.9 Å². The fourth-order valence-corrected chi connectivity index (χ4v) is 6.34. The Labute approximate surface area is 292 Å². The Bertz CT molecular complexity index is 1940. The van der Waals surface area contributed by atoms with Crippen molar-refractivity contribution in [2.24, 2.45) is 5.92 Å². The van der Waals surface area contributed by atoms with Crippen LogP contribution < -0.4 is 35.6 Å². The lowest BCUT2D eigenvalue weighted by molar-refractivity contribution is -0.120. The van der Waals surface area contributed by atoms with E-state index in [1.54, 1.807) is 39.5 Å². The zero-order chi connectivity index (χ0) is 36.1. The molecule has 2 unspecified atom stereocenters. The van der Waals surface area contributed by atoms with Crippen LogP contribution in [-0.2, 0) is 16.0 Å². The van der Waals surface area contributed by atoms with E-state index in [1.807, 2.05) is 58.0 Å². The third-order valence-electron chi connectivity index (χ3n) is 8.71. The number of rotatable bonds is 12. The highest BCUT2D eigenvalue weighted by molar-refractivity contribution is 5.97. The second-order valence-corrected chi connectivity index (χ2v) is 13.2. The number of methoxy groups -OCH3 is 3. The first-order valence-electron chi connectivity index (χ1n) is 16.8. The molecule has 0 bridgehead atoms. The zero-order valence-corrected chi connectivity index (χ0v) is 29.9. The largest absolute Gasteiger partial charge is 0.493 e. The maximum atomic E-state index is 14.0. The van der Waals surface area contributed by atoms with Crippen molar-refractivity contribution in [2.75, 3.05) is 32.0 Å². The number of hydrogen-bond donors (Lipinski definition) is 4. The van der Waals surface area contributed by atoms with Crippen molar-refractivity contribution in [1.82, 2.24) is 20.5 Å². The summed E-state index contributed by atoms with van der Waals surface area (Å²) >= 11 is 0. The summed E-state index contributed by atoms with van der Waals surface area (Å²) in [6.07, 6.45) is 1.58. The fourth-order valence-electron chi connectivity index (χ4n) is 6.34. The molecule has 5 rings (SSSR count). The molecule has 1 heterocycles. The molecule has 0 spiro atoms. The SMILES string of the molecule is COc1cc2c(c(OC)c1OC)-c1ccc(NC(CC(C)C)C(=O)Nc3cccc(-c4n[nH]c(C(C)C)n4)c3)c(=O)cc1C(NC(C)=O)CC2. The van der Waals surface area contributed by atoms with Crippen molar-refractivity contribution in [3.8, 4) is 39.8 Å². The Balaban J connectivity index is 1.53. The van der Waals surface area contributed by atoms with Crippen molar-refractivity contribution in [3.05, 3.63) is 75.7 Å². The van der Waals surface area contributed by atoms with Gasteiger partial charge in [0.2, 0.25) is 23.0 Å². The first kappa shape index (κ1) is 35.9. The third-order valence-corrected chi connectivity index (χ3v) is 8.71. The lowest BCUT2D eigenvalue weighted by Crippen LogP contribution is -2.37. The number of fused-ring (bicyclic) bond motifs is 3. The maximum Gasteiger partial charge on any atom is 0.246 e. The summed E-state index contributed by atoms with van der Waals surface area (Å²) in [6, 6.07) is 13.1. The number of ether oxygens (including phenoxy) is 3. The molecule has 2 atom stereocenters. The van der Waals surface area contributed by atoms with Gasteiger partial charge >= 0.3 is 0 Å². The minimum atomic E-state index is -0.734. The summed E-state index contributed by atoms with van der Waals surface area (Å²) < 4.78 is 17.2. The van der Waals surface area contributed by atoms with Gasteiger partial charge in [0.15, 0.2) is 17.3 Å². The summed E-state index contributed by atoms with van der Waals surface area (Å²) in [7, 11) is 4.66. The van der Waals surface area contributed by atoms with E-state index in [0.717, 1.165) is 22.5 Å². The number of H-pyrrole nitrogens is 1. The van der Waals surface area contributed by atoms with E-state index in [2.05, 4.69) is 31.1 Å². The van der Waals surface area contributed by atoms with Crippen LogP contribution in [0, 0.1) is 5.92 Å². The topological polar surface area (TPSA) is 157 Å². The quantitative estimate of drug-likeness (QED) is 0.136. The van der Waals surface area contributed by atoms with E-state index in [0.29, 0.717) is 59.1 Å². The fraction of sp³-hybridized carbons (Fsp3) is 0.395. The molecule has 0 radical (unpaired) electrons. The van der Waals surface area contributed by atoms with E-state index in [1.165, 1.54) is 6.92 Å². The van der Waals surface area contributed by atoms with Gasteiger partial charge in [-0.25, -0.2) is 4.98 Å². The van der Waals surface area contributed by atoms with Crippen LogP contribution in [0.2, 0.25) is 0 Å². The molecule has 0 saturated carbocycles. The van der Waals surface area contributed by atoms with E-state index in [-0.39, 0.29) is 34.8 Å². The lowest BCUT2D eigenvalue weighted by atomic mass is 9.95. The lowest BCUT2D eigenvalue weighted by Gasteiger charge is -2.21. The predicted molar refractivity (Wildman–Crippen MR) is 194 cm³/mol. The Morgan fingerprint density at radius 3 is 2.38 bits per heavy atom. The number of amides is 2. The molecule has 0 saturated heterocycles. The van der Waals surface area contributed by atoms with Crippen LogP contribution in [-0.4, -0.2) is 54.4 Å². The van der Waals surface area contributed by atoms with Gasteiger partial charge in [-0.2, -0.15) is 5.10 Å². The highest BCUT2D eigenvalue weighted by Gasteiger charge is 2.30. The summed E-state index contributed by atoms with van der Waals surface area (Å²) in [5.74, 6) is 2.55. The van der Waals surface area contributed by atoms with Crippen molar-refractivity contribution in [3.63, 3.8) is 0 Å². The number of benzene rings is 2. The first-order valence-corrected chi connectivity index (χ1v) is 16.8. The molecule has 264 valence electrons. The number of aryl methyl sites for hydroxylation is 1. The second kappa shape index (κ2) is 15.4. The highest BCUT2D eigenvalue weighted by atomic mass is 16.5. The van der Waals surface area contributed by atoms with Gasteiger partial charge in [-0.1, -0.05) is 45.9 Å². The molecule has 1 aliphatic rings. The average molecular weight is 683 g/mol. The van der Waals surface area contributed by atoms with Crippen molar-refractivity contribution >= 4 is 23.2 Å². The predicted octanol–water partition coefficient (Wildman–Crippen LogP) is 6.24. The molecule has 1 aromatic heterocycles. The molecule has 0 fully saturated rings. The smallest absolute Gasteiger partial charge is 0.246 e. The summed E-state index contributed by atoms with van der Waals surface area (Å²) in [5, 5.41) is 16.6. The summed E-state index contributed by atoms with van der Waals surface area (Å²) in [4.78, 5) is 44.7. The molecular formula is C38H46N6O6. The minimum absolute atomic E-state index is 0.138. The Kier molecular flexibility index (Phi) is 11.1. The van der Waals surface area contributed by atoms with Crippen LogP contribution in [0.1, 0.15) is 76.4 Å². The van der Waals surface area contributed by atoms with Crippen LogP contribution in [0.15, 0.2) is 53.3 Å². The monoisotopic (exact) mass is 682 g/mol. The molecule has 0 aliphatic heterocycles. The molecule has 1 aliphatic carbocycles. The number of anilines is 2. The van der Waals surface area contributed by atoms with Gasteiger partial charge in [0.1, 0.15) is 11.9 Å². The van der Waals surface area contributed by atoms with Crippen LogP contribution in [0.25, 0.3) is 22.5 Å². The minimum Gasteiger partial charge on any atom is -0.493 e. The maximum absolute atomic E-state index is 14.0. The van der Waals surface area contributed by atoms with E-state index >= 15 is 0 Å². The van der Waals surface area contributed by atoms with Gasteiger partial charge in [0, 0.05) is 29.7 Å². The summed E-state index contributed by atoms with van der Waals surface area (Å²) in [6.45, 7) is 9.56. The first-order chi connectivity index (χ1) is 23.9. The van der Waals surface area contributed by atoms with E-state index < -0.39 is 12.1 Å². The number of carbonyl (C=O) groups is 2. The molecule has 3 aromatic carbocycles. The van der Waals surface area contributed by atoms with Crippen LogP contribution in [0.5, 0.6) is 17.2 Å². The standard InChI is InChI=1S/C38H46N6O6/c1-20(2)16-30(38(47)40-25-11-9-10-24(17-25)37-42-36(21(3)4)43-44-37)41-29-15-13-26-27(19-31(29)46)28(39-22(5)45)14-12-23-18-32(48-6)34(49-7)35(50-8)33(23)26/h9-11,13,15,17-21,28,30H,12,14,16H2,1-8H3,(H,39,45)(H,40,47)(H,41,46)(H,42,43,44). The van der Waals surface area contributed by atoms with Crippen molar-refractivity contribution < 1.29 is 23.8 Å².